The van der Waals surface area contributed by atoms with Crippen molar-refractivity contribution in [3.63, 3.8) is 0 Å². The second kappa shape index (κ2) is 8.65. The molecule has 154 valence electrons. The van der Waals surface area contributed by atoms with Crippen LogP contribution in [0.4, 0.5) is 26.3 Å². The zero-order chi connectivity index (χ0) is 21.8. The summed E-state index contributed by atoms with van der Waals surface area (Å²) in [6, 6.07) is 5.06. The predicted molar refractivity (Wildman–Crippen MR) is 78.6 cm³/mol. The Hall–Kier alpha value is -2.21. The topological polar surface area (TPSA) is 104 Å². The number of ether oxygens (including phenoxy) is 1. The molecule has 0 spiro atoms. The van der Waals surface area contributed by atoms with Crippen molar-refractivity contribution in [1.82, 2.24) is 0 Å². The van der Waals surface area contributed by atoms with Gasteiger partial charge in [-0.15, -0.1) is 0 Å². The van der Waals surface area contributed by atoms with Crippen LogP contribution in [0.15, 0.2) is 18.2 Å². The zero-order valence-corrected chi connectivity index (χ0v) is 14.3. The lowest BCUT2D eigenvalue weighted by molar-refractivity contribution is -0.355. The van der Waals surface area contributed by atoms with Crippen molar-refractivity contribution in [1.29, 1.82) is 0 Å². The van der Waals surface area contributed by atoms with Crippen LogP contribution < -0.4 is 4.74 Å². The van der Waals surface area contributed by atoms with Crippen molar-refractivity contribution in [3.05, 3.63) is 28.8 Å². The van der Waals surface area contributed by atoms with Crippen molar-refractivity contribution in [2.75, 3.05) is 0 Å². The van der Waals surface area contributed by atoms with Gasteiger partial charge in [-0.1, -0.05) is 11.6 Å². The maximum atomic E-state index is 11.5. The minimum Gasteiger partial charge on any atom is -0.479 e. The van der Waals surface area contributed by atoms with Gasteiger partial charge in [-0.05, 0) is 37.6 Å². The lowest BCUT2D eigenvalue weighted by Gasteiger charge is -2.27. The van der Waals surface area contributed by atoms with Crippen LogP contribution in [0.5, 0.6) is 5.75 Å². The lowest BCUT2D eigenvalue weighted by atomic mass is 10.0. The molecular weight excluding hydrogens is 414 g/mol. The van der Waals surface area contributed by atoms with Crippen molar-refractivity contribution in [2.45, 2.75) is 37.9 Å². The number of carboxylic acid groups (broad SMARTS) is 2. The minimum absolute atomic E-state index is 0.546. The van der Waals surface area contributed by atoms with E-state index in [2.05, 4.69) is 0 Å². The molecule has 27 heavy (non-hydrogen) atoms. The fraction of sp³-hybridized carbons (Fsp3) is 0.429. The Kier molecular flexibility index (Phi) is 7.94. The Labute approximate surface area is 152 Å². The summed E-state index contributed by atoms with van der Waals surface area (Å²) in [6.45, 7) is 3.30. The van der Waals surface area contributed by atoms with E-state index in [9.17, 15) is 35.9 Å². The smallest absolute Gasteiger partial charge is 0.437 e. The number of hydrogen-bond donors (Lipinski definition) is 3. The van der Waals surface area contributed by atoms with Crippen LogP contribution in [0.2, 0.25) is 5.02 Å². The second-order valence-corrected chi connectivity index (χ2v) is 5.46. The highest BCUT2D eigenvalue weighted by Crippen LogP contribution is 2.43. The van der Waals surface area contributed by atoms with Gasteiger partial charge in [0.15, 0.2) is 6.10 Å². The quantitative estimate of drug-likeness (QED) is 0.637. The van der Waals surface area contributed by atoms with E-state index in [0.29, 0.717) is 10.8 Å². The van der Waals surface area contributed by atoms with E-state index in [1.807, 2.05) is 6.92 Å². The summed E-state index contributed by atoms with van der Waals surface area (Å²) in [6.07, 6.45) is -13.5. The molecule has 0 unspecified atom stereocenters. The van der Waals surface area contributed by atoms with Gasteiger partial charge in [0.05, 0.1) is 0 Å². The highest BCUT2D eigenvalue weighted by molar-refractivity contribution is 6.30. The van der Waals surface area contributed by atoms with Crippen LogP contribution in [0.3, 0.4) is 0 Å². The van der Waals surface area contributed by atoms with Crippen molar-refractivity contribution < 1.29 is 56.0 Å². The minimum atomic E-state index is -6.31. The van der Waals surface area contributed by atoms with Crippen molar-refractivity contribution in [3.8, 4) is 5.75 Å². The third-order valence-corrected chi connectivity index (χ3v) is 3.15. The molecule has 0 saturated heterocycles. The van der Waals surface area contributed by atoms with Gasteiger partial charge < -0.3 is 20.1 Å². The number of benzene rings is 1. The first-order valence-electron chi connectivity index (χ1n) is 6.70. The summed E-state index contributed by atoms with van der Waals surface area (Å²) in [7, 11) is 0. The van der Waals surface area contributed by atoms with Gasteiger partial charge in [0, 0.05) is 5.02 Å². The molecular formula is C14H13ClF6O6. The van der Waals surface area contributed by atoms with Crippen molar-refractivity contribution in [2.24, 2.45) is 0 Å². The Bertz CT molecular complexity index is 674. The van der Waals surface area contributed by atoms with Crippen LogP contribution >= 0.6 is 11.6 Å². The maximum Gasteiger partial charge on any atom is 0.437 e. The summed E-state index contributed by atoms with van der Waals surface area (Å²) in [5.41, 5.74) is -4.88. The van der Waals surface area contributed by atoms with Crippen LogP contribution in [0.1, 0.15) is 12.5 Å². The molecule has 13 heteroatoms. The maximum absolute atomic E-state index is 11.5. The Morgan fingerprint density at radius 1 is 1.07 bits per heavy atom. The van der Waals surface area contributed by atoms with Gasteiger partial charge in [0.1, 0.15) is 5.75 Å². The van der Waals surface area contributed by atoms with Crippen LogP contribution in [-0.2, 0) is 9.59 Å². The summed E-state index contributed by atoms with van der Waals surface area (Å²) < 4.78 is 74.2. The number of alkyl halides is 6. The Balaban J connectivity index is 0.000000503. The van der Waals surface area contributed by atoms with Gasteiger partial charge in [0.25, 0.3) is 0 Å². The zero-order valence-electron chi connectivity index (χ0n) is 13.5. The highest BCUT2D eigenvalue weighted by atomic mass is 35.5. The molecule has 0 aromatic heterocycles. The van der Waals surface area contributed by atoms with E-state index in [1.54, 1.807) is 18.2 Å². The number of carboxylic acids is 2. The molecule has 3 N–H and O–H groups in total. The van der Waals surface area contributed by atoms with E-state index < -0.39 is 36.0 Å². The van der Waals surface area contributed by atoms with Gasteiger partial charge in [0.2, 0.25) is 0 Å². The summed E-state index contributed by atoms with van der Waals surface area (Å²) in [4.78, 5) is 20.2. The van der Waals surface area contributed by atoms with Gasteiger partial charge >= 0.3 is 29.9 Å². The van der Waals surface area contributed by atoms with Crippen molar-refractivity contribution >= 4 is 23.5 Å². The fourth-order valence-corrected chi connectivity index (χ4v) is 1.62. The number of halogens is 7. The van der Waals surface area contributed by atoms with Gasteiger partial charge in [-0.25, -0.2) is 9.59 Å². The van der Waals surface area contributed by atoms with E-state index >= 15 is 0 Å². The number of aryl methyl sites for hydroxylation is 1. The highest BCUT2D eigenvalue weighted by Gasteiger charge is 2.76. The van der Waals surface area contributed by atoms with Gasteiger partial charge in [-0.2, -0.15) is 26.3 Å². The molecule has 0 aliphatic carbocycles. The molecule has 0 saturated carbocycles. The van der Waals surface area contributed by atoms with E-state index in [4.69, 9.17) is 31.7 Å². The molecule has 1 aromatic rings. The molecule has 0 fully saturated rings. The molecule has 0 heterocycles. The third kappa shape index (κ3) is 6.17. The van der Waals surface area contributed by atoms with E-state index in [0.717, 1.165) is 5.56 Å². The van der Waals surface area contributed by atoms with Crippen LogP contribution in [-0.4, -0.2) is 51.3 Å². The third-order valence-electron chi connectivity index (χ3n) is 2.92. The molecule has 0 amide bonds. The summed E-state index contributed by atoms with van der Waals surface area (Å²) in [5.74, 6) is -3.85. The van der Waals surface area contributed by atoms with Gasteiger partial charge in [-0.3, -0.25) is 0 Å². The molecule has 1 atom stereocenters. The lowest BCUT2D eigenvalue weighted by Crippen LogP contribution is -2.62. The number of rotatable bonds is 4. The average Bonchev–Trinajstić information content (AvgIpc) is 2.47. The first-order chi connectivity index (χ1) is 11.9. The monoisotopic (exact) mass is 426 g/mol. The molecule has 1 rings (SSSR count). The largest absolute Gasteiger partial charge is 0.479 e. The average molecular weight is 427 g/mol. The fourth-order valence-electron chi connectivity index (χ4n) is 1.39. The normalized spacial score (nSPS) is 13.3. The standard InChI is InChI=1S/C10H11ClO3.C4H2F6O3/c1-6-5-8(11)3-4-9(6)14-7(2)10(12)13;5-3(6,7)2(13,1(11)12)4(8,9)10/h3-5,7H,1-2H3,(H,12,13);13H,(H,11,12)/t7-;/m1./s1. The molecule has 0 radical (unpaired) electrons. The molecule has 0 aliphatic heterocycles. The first kappa shape index (κ1) is 24.8. The number of carbonyl (C=O) groups is 2. The Morgan fingerprint density at radius 2 is 1.52 bits per heavy atom. The van der Waals surface area contributed by atoms with E-state index in [1.165, 1.54) is 6.92 Å². The molecule has 0 aliphatic rings. The summed E-state index contributed by atoms with van der Waals surface area (Å²) in [5, 5.41) is 24.8. The predicted octanol–water partition coefficient (Wildman–Crippen LogP) is 3.43. The van der Waals surface area contributed by atoms with Crippen LogP contribution in [0.25, 0.3) is 0 Å². The van der Waals surface area contributed by atoms with Crippen LogP contribution in [0, 0.1) is 6.92 Å². The summed E-state index contributed by atoms with van der Waals surface area (Å²) >= 11 is 5.74. The molecule has 1 aromatic carbocycles. The SMILES string of the molecule is Cc1cc(Cl)ccc1O[C@H](C)C(=O)O.O=C(O)C(O)(C(F)(F)F)C(F)(F)F. The molecule has 0 bridgehead atoms. The molecule has 6 nitrogen and oxygen atoms in total. The number of aliphatic carboxylic acids is 2. The van der Waals surface area contributed by atoms with E-state index in [-0.39, 0.29) is 0 Å². The number of aliphatic hydroxyl groups is 1. The number of hydrogen-bond acceptors (Lipinski definition) is 4. The Morgan fingerprint density at radius 3 is 1.78 bits per heavy atom. The first-order valence-corrected chi connectivity index (χ1v) is 7.07. The second-order valence-electron chi connectivity index (χ2n) is 5.02.